The Hall–Kier alpha value is -3.29. The van der Waals surface area contributed by atoms with Gasteiger partial charge in [-0.15, -0.1) is 0 Å². The Morgan fingerprint density at radius 2 is 1.94 bits per heavy atom. The van der Waals surface area contributed by atoms with E-state index in [-0.39, 0.29) is 17.2 Å². The molecule has 1 saturated heterocycles. The summed E-state index contributed by atoms with van der Waals surface area (Å²) in [6.07, 6.45) is 0.0932. The number of primary amides is 1. The lowest BCUT2D eigenvalue weighted by Crippen LogP contribution is -2.44. The highest BCUT2D eigenvalue weighted by atomic mass is 35.5. The molecular formula is C24H24ClN5O2. The second-order valence-electron chi connectivity index (χ2n) is 8.34. The minimum atomic E-state index is -0.413. The minimum absolute atomic E-state index is 0.0115. The zero-order valence-electron chi connectivity index (χ0n) is 17.7. The molecule has 4 N–H and O–H groups in total. The van der Waals surface area contributed by atoms with Gasteiger partial charge in [0.25, 0.3) is 0 Å². The predicted octanol–water partition coefficient (Wildman–Crippen LogP) is 3.52. The SMILES string of the molecule is CN1CCN(c2ccc3c(c2)[nH]c2c(CC(N)=O)cc(-c4ccc(O)c(Cl)c4)nc23)CC1. The highest BCUT2D eigenvalue weighted by Crippen LogP contribution is 2.34. The van der Waals surface area contributed by atoms with Gasteiger partial charge in [-0.2, -0.15) is 0 Å². The van der Waals surface area contributed by atoms with Crippen LogP contribution >= 0.6 is 11.6 Å². The maximum atomic E-state index is 11.8. The number of halogens is 1. The van der Waals surface area contributed by atoms with Gasteiger partial charge in [0, 0.05) is 42.8 Å². The van der Waals surface area contributed by atoms with E-state index in [1.165, 1.54) is 11.8 Å². The molecule has 0 bridgehead atoms. The quantitative estimate of drug-likeness (QED) is 0.442. The lowest BCUT2D eigenvalue weighted by molar-refractivity contribution is -0.117. The zero-order valence-corrected chi connectivity index (χ0v) is 18.5. The highest BCUT2D eigenvalue weighted by molar-refractivity contribution is 6.32. The third kappa shape index (κ3) is 3.74. The standard InChI is InChI=1S/C24H24ClN5O2/c1-29-6-8-30(9-7-29)16-3-4-17-20(13-16)28-23-15(12-22(26)32)11-19(27-24(17)23)14-2-5-21(31)18(25)10-14/h2-5,10-11,13,28,31H,6-9,12H2,1H3,(H2,26,32). The van der Waals surface area contributed by atoms with Crippen LogP contribution in [0, 0.1) is 0 Å². The summed E-state index contributed by atoms with van der Waals surface area (Å²) < 4.78 is 0. The van der Waals surface area contributed by atoms with Crippen molar-refractivity contribution in [2.24, 2.45) is 5.73 Å². The lowest BCUT2D eigenvalue weighted by Gasteiger charge is -2.34. The number of carbonyl (C=O) groups excluding carboxylic acids is 1. The number of nitrogens with one attached hydrogen (secondary N) is 1. The van der Waals surface area contributed by atoms with Gasteiger partial charge in [0.1, 0.15) is 5.75 Å². The molecule has 1 fully saturated rings. The van der Waals surface area contributed by atoms with Gasteiger partial charge in [0.2, 0.25) is 5.91 Å². The molecule has 0 atom stereocenters. The number of carbonyl (C=O) groups is 1. The third-order valence-electron chi connectivity index (χ3n) is 6.10. The maximum Gasteiger partial charge on any atom is 0.221 e. The summed E-state index contributed by atoms with van der Waals surface area (Å²) >= 11 is 6.11. The number of nitrogens with zero attached hydrogens (tertiary/aromatic N) is 3. The summed E-state index contributed by atoms with van der Waals surface area (Å²) in [5, 5.41) is 11.0. The number of fused-ring (bicyclic) bond motifs is 3. The van der Waals surface area contributed by atoms with Gasteiger partial charge in [-0.05, 0) is 55.1 Å². The smallest absolute Gasteiger partial charge is 0.221 e. The molecular weight excluding hydrogens is 426 g/mol. The van der Waals surface area contributed by atoms with Crippen LogP contribution in [0.15, 0.2) is 42.5 Å². The number of phenolic OH excluding ortho intramolecular Hbond substituents is 1. The topological polar surface area (TPSA) is 98.5 Å². The van der Waals surface area contributed by atoms with Gasteiger partial charge in [-0.25, -0.2) is 4.98 Å². The van der Waals surface area contributed by atoms with E-state index in [9.17, 15) is 9.90 Å². The number of nitrogens with two attached hydrogens (primary N) is 1. The first kappa shape index (κ1) is 20.6. The van der Waals surface area contributed by atoms with Crippen LogP contribution in [-0.2, 0) is 11.2 Å². The number of anilines is 1. The molecule has 5 rings (SSSR count). The number of piperazine rings is 1. The Bertz CT molecular complexity index is 1340. The van der Waals surface area contributed by atoms with Crippen molar-refractivity contribution >= 4 is 45.1 Å². The maximum absolute atomic E-state index is 11.8. The van der Waals surface area contributed by atoms with Crippen molar-refractivity contribution in [2.75, 3.05) is 38.1 Å². The second kappa shape index (κ2) is 8.00. The van der Waals surface area contributed by atoms with Crippen molar-refractivity contribution in [2.45, 2.75) is 6.42 Å². The number of pyridine rings is 1. The molecule has 1 aliphatic heterocycles. The number of likely N-dealkylation sites (N-methyl/N-ethyl adjacent to an activating group) is 1. The second-order valence-corrected chi connectivity index (χ2v) is 8.75. The molecule has 0 spiro atoms. The lowest BCUT2D eigenvalue weighted by atomic mass is 10.0. The van der Waals surface area contributed by atoms with E-state index in [1.807, 2.05) is 6.07 Å². The van der Waals surface area contributed by atoms with Crippen LogP contribution < -0.4 is 10.6 Å². The molecule has 0 aliphatic carbocycles. The average Bonchev–Trinajstić information content (AvgIpc) is 3.14. The van der Waals surface area contributed by atoms with Crippen LogP contribution in [0.25, 0.3) is 33.2 Å². The summed E-state index contributed by atoms with van der Waals surface area (Å²) in [5.41, 5.74) is 11.5. The van der Waals surface area contributed by atoms with Crippen LogP contribution in [0.5, 0.6) is 5.75 Å². The fourth-order valence-corrected chi connectivity index (χ4v) is 4.49. The van der Waals surface area contributed by atoms with Crippen LogP contribution in [0.1, 0.15) is 5.56 Å². The molecule has 2 aromatic carbocycles. The molecule has 1 amide bonds. The highest BCUT2D eigenvalue weighted by Gasteiger charge is 2.18. The Morgan fingerprint density at radius 1 is 1.16 bits per heavy atom. The third-order valence-corrected chi connectivity index (χ3v) is 6.40. The molecule has 1 aliphatic rings. The largest absolute Gasteiger partial charge is 0.506 e. The van der Waals surface area contributed by atoms with Gasteiger partial charge in [-0.3, -0.25) is 4.79 Å². The normalized spacial score (nSPS) is 15.0. The van der Waals surface area contributed by atoms with E-state index >= 15 is 0 Å². The van der Waals surface area contributed by atoms with Gasteiger partial charge >= 0.3 is 0 Å². The molecule has 0 unspecified atom stereocenters. The molecule has 4 aromatic rings. The fraction of sp³-hybridized carbons (Fsp3) is 0.250. The number of amides is 1. The summed E-state index contributed by atoms with van der Waals surface area (Å²) in [6, 6.07) is 13.2. The van der Waals surface area contributed by atoms with Crippen LogP contribution in [-0.4, -0.2) is 59.1 Å². The number of phenols is 1. The van der Waals surface area contributed by atoms with Crippen molar-refractivity contribution in [3.63, 3.8) is 0 Å². The first-order chi connectivity index (χ1) is 15.4. The van der Waals surface area contributed by atoms with Crippen LogP contribution in [0.3, 0.4) is 0 Å². The van der Waals surface area contributed by atoms with Crippen molar-refractivity contribution in [1.82, 2.24) is 14.9 Å². The van der Waals surface area contributed by atoms with E-state index in [4.69, 9.17) is 22.3 Å². The van der Waals surface area contributed by atoms with E-state index in [2.05, 4.69) is 40.0 Å². The van der Waals surface area contributed by atoms with Gasteiger partial charge < -0.3 is 25.6 Å². The predicted molar refractivity (Wildman–Crippen MR) is 128 cm³/mol. The minimum Gasteiger partial charge on any atom is -0.506 e. The molecule has 8 heteroatoms. The number of H-pyrrole nitrogens is 1. The molecule has 32 heavy (non-hydrogen) atoms. The van der Waals surface area contributed by atoms with Crippen LogP contribution in [0.4, 0.5) is 5.69 Å². The number of hydrogen-bond acceptors (Lipinski definition) is 5. The Kier molecular flexibility index (Phi) is 5.15. The van der Waals surface area contributed by atoms with Crippen molar-refractivity contribution in [3.8, 4) is 17.0 Å². The van der Waals surface area contributed by atoms with E-state index in [0.717, 1.165) is 59.2 Å². The molecule has 2 aromatic heterocycles. The summed E-state index contributed by atoms with van der Waals surface area (Å²) in [6.45, 7) is 4.04. The number of aromatic amines is 1. The van der Waals surface area contributed by atoms with E-state index < -0.39 is 5.91 Å². The Balaban J connectivity index is 1.65. The number of hydrogen-bond donors (Lipinski definition) is 3. The Morgan fingerprint density at radius 3 is 2.66 bits per heavy atom. The van der Waals surface area contributed by atoms with Crippen LogP contribution in [0.2, 0.25) is 5.02 Å². The van der Waals surface area contributed by atoms with Gasteiger partial charge in [0.15, 0.2) is 0 Å². The fourth-order valence-electron chi connectivity index (χ4n) is 4.31. The number of aromatic hydroxyl groups is 1. The number of aromatic nitrogens is 2. The van der Waals surface area contributed by atoms with Crippen molar-refractivity contribution in [3.05, 3.63) is 53.1 Å². The average molecular weight is 450 g/mol. The number of benzene rings is 2. The first-order valence-corrected chi connectivity index (χ1v) is 10.9. The molecule has 7 nitrogen and oxygen atoms in total. The number of rotatable bonds is 4. The molecule has 3 heterocycles. The molecule has 0 radical (unpaired) electrons. The van der Waals surface area contributed by atoms with Gasteiger partial charge in [0.05, 0.1) is 33.7 Å². The van der Waals surface area contributed by atoms with E-state index in [0.29, 0.717) is 5.69 Å². The summed E-state index contributed by atoms with van der Waals surface area (Å²) in [4.78, 5) is 24.8. The zero-order chi connectivity index (χ0) is 22.4. The molecule has 164 valence electrons. The Labute approximate surface area is 190 Å². The first-order valence-electron chi connectivity index (χ1n) is 10.5. The van der Waals surface area contributed by atoms with Crippen molar-refractivity contribution < 1.29 is 9.90 Å². The van der Waals surface area contributed by atoms with Crippen molar-refractivity contribution in [1.29, 1.82) is 0 Å². The summed E-state index contributed by atoms with van der Waals surface area (Å²) in [5.74, 6) is -0.402. The van der Waals surface area contributed by atoms with E-state index in [1.54, 1.807) is 12.1 Å². The summed E-state index contributed by atoms with van der Waals surface area (Å²) in [7, 11) is 2.14. The monoisotopic (exact) mass is 449 g/mol. The molecule has 0 saturated carbocycles. The van der Waals surface area contributed by atoms with Gasteiger partial charge in [-0.1, -0.05) is 11.6 Å².